The van der Waals surface area contributed by atoms with Crippen LogP contribution in [0.15, 0.2) is 24.4 Å². The van der Waals surface area contributed by atoms with Gasteiger partial charge in [-0.25, -0.2) is 0 Å². The molecule has 1 aromatic carbocycles. The molecule has 0 amide bonds. The van der Waals surface area contributed by atoms with Crippen LogP contribution in [0.25, 0.3) is 10.9 Å². The Morgan fingerprint density at radius 1 is 1.36 bits per heavy atom. The number of nitrogens with one attached hydrogen (secondary N) is 1. The number of hydrogen-bond acceptors (Lipinski definition) is 1. The van der Waals surface area contributed by atoms with Crippen molar-refractivity contribution in [1.29, 1.82) is 0 Å². The molecule has 0 saturated carbocycles. The van der Waals surface area contributed by atoms with Crippen LogP contribution in [0, 0.1) is 0 Å². The third-order valence-electron chi connectivity index (χ3n) is 1.68. The van der Waals surface area contributed by atoms with Gasteiger partial charge in [0, 0.05) is 22.1 Å². The van der Waals surface area contributed by atoms with E-state index in [-0.39, 0.29) is 0 Å². The summed E-state index contributed by atoms with van der Waals surface area (Å²) in [4.78, 5) is 3.02. The Bertz CT molecular complexity index is 392. The standard InChI is InChI=1S/C8H7ClN2/c9-5-1-2-6-7(10)4-11-8(6)3-5/h1-4,11H,10H2. The molecule has 1 heterocycles. The molecule has 0 saturated heterocycles. The van der Waals surface area contributed by atoms with Crippen molar-refractivity contribution in [1.82, 2.24) is 4.98 Å². The lowest BCUT2D eigenvalue weighted by atomic mass is 10.2. The summed E-state index contributed by atoms with van der Waals surface area (Å²) in [6, 6.07) is 5.59. The second-order valence-electron chi connectivity index (χ2n) is 2.43. The first-order chi connectivity index (χ1) is 5.27. The van der Waals surface area contributed by atoms with Gasteiger partial charge in [-0.2, -0.15) is 0 Å². The Morgan fingerprint density at radius 2 is 2.18 bits per heavy atom. The third kappa shape index (κ3) is 0.955. The van der Waals surface area contributed by atoms with Gasteiger partial charge in [0.2, 0.25) is 0 Å². The molecular formula is C8H7ClN2. The molecule has 2 nitrogen and oxygen atoms in total. The average molecular weight is 167 g/mol. The van der Waals surface area contributed by atoms with Crippen LogP contribution in [-0.4, -0.2) is 4.98 Å². The van der Waals surface area contributed by atoms with Gasteiger partial charge in [0.05, 0.1) is 5.69 Å². The van der Waals surface area contributed by atoms with Crippen molar-refractivity contribution in [2.45, 2.75) is 0 Å². The van der Waals surface area contributed by atoms with E-state index in [2.05, 4.69) is 4.98 Å². The largest absolute Gasteiger partial charge is 0.397 e. The zero-order valence-corrected chi connectivity index (χ0v) is 6.52. The molecular weight excluding hydrogens is 160 g/mol. The fraction of sp³-hybridized carbons (Fsp3) is 0. The predicted octanol–water partition coefficient (Wildman–Crippen LogP) is 2.40. The number of benzene rings is 1. The highest BCUT2D eigenvalue weighted by atomic mass is 35.5. The molecule has 0 bridgehead atoms. The van der Waals surface area contributed by atoms with Crippen molar-refractivity contribution < 1.29 is 0 Å². The van der Waals surface area contributed by atoms with E-state index in [0.717, 1.165) is 21.6 Å². The van der Waals surface area contributed by atoms with Gasteiger partial charge in [-0.05, 0) is 18.2 Å². The molecule has 0 unspecified atom stereocenters. The summed E-state index contributed by atoms with van der Waals surface area (Å²) in [7, 11) is 0. The Labute approximate surface area is 69.0 Å². The summed E-state index contributed by atoms with van der Waals surface area (Å²) in [6.07, 6.45) is 1.76. The number of anilines is 1. The topological polar surface area (TPSA) is 41.8 Å². The van der Waals surface area contributed by atoms with Crippen molar-refractivity contribution in [2.75, 3.05) is 5.73 Å². The Morgan fingerprint density at radius 3 is 3.00 bits per heavy atom. The number of H-pyrrole nitrogens is 1. The molecule has 0 atom stereocenters. The maximum absolute atomic E-state index is 5.77. The Balaban J connectivity index is 2.86. The lowest BCUT2D eigenvalue weighted by Gasteiger charge is -1.91. The SMILES string of the molecule is Nc1c[nH]c2cc(Cl)ccc12. The number of hydrogen-bond donors (Lipinski definition) is 2. The molecule has 1 aromatic heterocycles. The quantitative estimate of drug-likeness (QED) is 0.620. The van der Waals surface area contributed by atoms with Gasteiger partial charge in [-0.3, -0.25) is 0 Å². The zero-order chi connectivity index (χ0) is 7.84. The molecule has 0 aliphatic heterocycles. The predicted molar refractivity (Wildman–Crippen MR) is 47.7 cm³/mol. The molecule has 3 N–H and O–H groups in total. The molecule has 0 aliphatic rings. The van der Waals surface area contributed by atoms with Crippen LogP contribution in [0.2, 0.25) is 5.02 Å². The highest BCUT2D eigenvalue weighted by Crippen LogP contribution is 2.22. The summed E-state index contributed by atoms with van der Waals surface area (Å²) in [5.41, 5.74) is 7.39. The molecule has 2 rings (SSSR count). The van der Waals surface area contributed by atoms with Crippen molar-refractivity contribution >= 4 is 28.2 Å². The first-order valence-electron chi connectivity index (χ1n) is 3.29. The lowest BCUT2D eigenvalue weighted by Crippen LogP contribution is -1.78. The number of fused-ring (bicyclic) bond motifs is 1. The number of aromatic nitrogens is 1. The fourth-order valence-electron chi connectivity index (χ4n) is 1.12. The van der Waals surface area contributed by atoms with Crippen LogP contribution in [0.5, 0.6) is 0 Å². The normalized spacial score (nSPS) is 10.6. The zero-order valence-electron chi connectivity index (χ0n) is 5.76. The van der Waals surface area contributed by atoms with E-state index < -0.39 is 0 Å². The minimum absolute atomic E-state index is 0.722. The first-order valence-corrected chi connectivity index (χ1v) is 3.67. The summed E-state index contributed by atoms with van der Waals surface area (Å²) in [6.45, 7) is 0. The maximum atomic E-state index is 5.77. The molecule has 0 fully saturated rings. The maximum Gasteiger partial charge on any atom is 0.0571 e. The van der Waals surface area contributed by atoms with E-state index in [4.69, 9.17) is 17.3 Å². The average Bonchev–Trinajstić information content (AvgIpc) is 2.32. The number of halogens is 1. The van der Waals surface area contributed by atoms with Crippen LogP contribution >= 0.6 is 11.6 Å². The van der Waals surface area contributed by atoms with E-state index in [1.807, 2.05) is 18.2 Å². The number of aromatic amines is 1. The highest BCUT2D eigenvalue weighted by Gasteiger charge is 1.98. The van der Waals surface area contributed by atoms with Crippen LogP contribution in [0.4, 0.5) is 5.69 Å². The van der Waals surface area contributed by atoms with Crippen molar-refractivity contribution in [3.8, 4) is 0 Å². The molecule has 0 radical (unpaired) electrons. The third-order valence-corrected chi connectivity index (χ3v) is 1.91. The van der Waals surface area contributed by atoms with Crippen molar-refractivity contribution in [3.05, 3.63) is 29.4 Å². The Hall–Kier alpha value is -1.15. The summed E-state index contributed by atoms with van der Waals surface area (Å²) >= 11 is 5.77. The van der Waals surface area contributed by atoms with Crippen LogP contribution in [0.3, 0.4) is 0 Å². The van der Waals surface area contributed by atoms with E-state index in [1.165, 1.54) is 0 Å². The number of nitrogen functional groups attached to an aromatic ring is 1. The van der Waals surface area contributed by atoms with Crippen molar-refractivity contribution in [2.24, 2.45) is 0 Å². The monoisotopic (exact) mass is 166 g/mol. The van der Waals surface area contributed by atoms with E-state index in [0.29, 0.717) is 0 Å². The van der Waals surface area contributed by atoms with Gasteiger partial charge in [0.25, 0.3) is 0 Å². The van der Waals surface area contributed by atoms with Gasteiger partial charge >= 0.3 is 0 Å². The van der Waals surface area contributed by atoms with Gasteiger partial charge < -0.3 is 10.7 Å². The summed E-state index contributed by atoms with van der Waals surface area (Å²) in [5, 5.41) is 1.74. The Kier molecular flexibility index (Phi) is 1.29. The molecule has 0 aliphatic carbocycles. The molecule has 2 aromatic rings. The summed E-state index contributed by atoms with van der Waals surface area (Å²) < 4.78 is 0. The summed E-state index contributed by atoms with van der Waals surface area (Å²) in [5.74, 6) is 0. The van der Waals surface area contributed by atoms with Crippen molar-refractivity contribution in [3.63, 3.8) is 0 Å². The van der Waals surface area contributed by atoms with Crippen LogP contribution in [0.1, 0.15) is 0 Å². The second kappa shape index (κ2) is 2.17. The lowest BCUT2D eigenvalue weighted by molar-refractivity contribution is 1.48. The highest BCUT2D eigenvalue weighted by molar-refractivity contribution is 6.31. The van der Waals surface area contributed by atoms with Gasteiger partial charge in [0.1, 0.15) is 0 Å². The van der Waals surface area contributed by atoms with Crippen LogP contribution < -0.4 is 5.73 Å². The van der Waals surface area contributed by atoms with E-state index in [9.17, 15) is 0 Å². The minimum Gasteiger partial charge on any atom is -0.397 e. The second-order valence-corrected chi connectivity index (χ2v) is 2.87. The van der Waals surface area contributed by atoms with Crippen LogP contribution in [-0.2, 0) is 0 Å². The minimum atomic E-state index is 0.722. The van der Waals surface area contributed by atoms with E-state index in [1.54, 1.807) is 6.20 Å². The van der Waals surface area contributed by atoms with Gasteiger partial charge in [-0.1, -0.05) is 11.6 Å². The number of nitrogens with two attached hydrogens (primary N) is 1. The van der Waals surface area contributed by atoms with Gasteiger partial charge in [-0.15, -0.1) is 0 Å². The molecule has 11 heavy (non-hydrogen) atoms. The molecule has 3 heteroatoms. The molecule has 0 spiro atoms. The number of rotatable bonds is 0. The van der Waals surface area contributed by atoms with E-state index >= 15 is 0 Å². The molecule has 56 valence electrons. The smallest absolute Gasteiger partial charge is 0.0571 e. The van der Waals surface area contributed by atoms with Gasteiger partial charge in [0.15, 0.2) is 0 Å². The fourth-order valence-corrected chi connectivity index (χ4v) is 1.29. The first kappa shape index (κ1) is 6.55.